The molecule has 1 aromatic carbocycles. The number of anilines is 1. The Kier molecular flexibility index (Phi) is 2.98. The van der Waals surface area contributed by atoms with E-state index in [2.05, 4.69) is 0 Å². The third-order valence-corrected chi connectivity index (χ3v) is 4.25. The lowest BCUT2D eigenvalue weighted by Gasteiger charge is -2.26. The van der Waals surface area contributed by atoms with E-state index in [4.69, 9.17) is 5.73 Å². The smallest absolute Gasteiger partial charge is 0.256 e. The summed E-state index contributed by atoms with van der Waals surface area (Å²) >= 11 is 0. The van der Waals surface area contributed by atoms with E-state index in [9.17, 15) is 4.79 Å². The lowest BCUT2D eigenvalue weighted by molar-refractivity contribution is 0.0738. The van der Waals surface area contributed by atoms with Crippen molar-refractivity contribution in [1.29, 1.82) is 0 Å². The number of fused-ring (bicyclic) bond motifs is 1. The van der Waals surface area contributed by atoms with Crippen molar-refractivity contribution < 1.29 is 4.79 Å². The molecule has 1 saturated carbocycles. The van der Waals surface area contributed by atoms with Gasteiger partial charge in [0.05, 0.1) is 5.56 Å². The molecule has 0 aromatic heterocycles. The van der Waals surface area contributed by atoms with Gasteiger partial charge in [-0.3, -0.25) is 4.79 Å². The van der Waals surface area contributed by atoms with E-state index in [-0.39, 0.29) is 5.91 Å². The van der Waals surface area contributed by atoms with Crippen molar-refractivity contribution in [2.75, 3.05) is 12.3 Å². The van der Waals surface area contributed by atoms with Crippen molar-refractivity contribution in [3.63, 3.8) is 0 Å². The first kappa shape index (κ1) is 11.6. The fraction of sp³-hybridized carbons (Fsp3) is 0.533. The molecule has 1 heterocycles. The van der Waals surface area contributed by atoms with Crippen LogP contribution < -0.4 is 5.73 Å². The van der Waals surface area contributed by atoms with Gasteiger partial charge in [0.1, 0.15) is 0 Å². The molecule has 0 unspecified atom stereocenters. The van der Waals surface area contributed by atoms with Crippen LogP contribution in [0.25, 0.3) is 0 Å². The van der Waals surface area contributed by atoms with Gasteiger partial charge in [0.15, 0.2) is 0 Å². The molecule has 3 nitrogen and oxygen atoms in total. The Bertz CT molecular complexity index is 464. The maximum atomic E-state index is 12.3. The number of rotatable bonds is 2. The van der Waals surface area contributed by atoms with Crippen molar-refractivity contribution in [1.82, 2.24) is 4.90 Å². The highest BCUT2D eigenvalue weighted by Gasteiger charge is 2.30. The van der Waals surface area contributed by atoms with Gasteiger partial charge in [0, 0.05) is 18.8 Å². The standard InChI is InChI=1S/C15H20N2O/c16-13-8-4-7-12-10-17(15(18)14(12)13)9-11-5-2-1-3-6-11/h4,7-8,11H,1-3,5-6,9-10,16H2. The summed E-state index contributed by atoms with van der Waals surface area (Å²) in [5.74, 6) is 0.826. The summed E-state index contributed by atoms with van der Waals surface area (Å²) in [5.41, 5.74) is 8.38. The molecule has 0 radical (unpaired) electrons. The lowest BCUT2D eigenvalue weighted by Crippen LogP contribution is -2.31. The van der Waals surface area contributed by atoms with Crippen molar-refractivity contribution >= 4 is 11.6 Å². The highest BCUT2D eigenvalue weighted by molar-refractivity contribution is 6.03. The van der Waals surface area contributed by atoms with Gasteiger partial charge in [-0.05, 0) is 30.4 Å². The molecule has 0 bridgehead atoms. The van der Waals surface area contributed by atoms with E-state index < -0.39 is 0 Å². The normalized spacial score (nSPS) is 20.2. The third kappa shape index (κ3) is 1.98. The number of hydrogen-bond acceptors (Lipinski definition) is 2. The quantitative estimate of drug-likeness (QED) is 0.813. The molecule has 0 saturated heterocycles. The summed E-state index contributed by atoms with van der Waals surface area (Å²) in [5, 5.41) is 0. The zero-order valence-electron chi connectivity index (χ0n) is 10.7. The number of benzene rings is 1. The fourth-order valence-corrected chi connectivity index (χ4v) is 3.28. The monoisotopic (exact) mass is 244 g/mol. The molecule has 3 heteroatoms. The van der Waals surface area contributed by atoms with Crippen LogP contribution in [0.4, 0.5) is 5.69 Å². The molecule has 1 aliphatic heterocycles. The molecule has 0 spiro atoms. The second kappa shape index (κ2) is 4.63. The molecular weight excluding hydrogens is 224 g/mol. The van der Waals surface area contributed by atoms with Gasteiger partial charge in [-0.15, -0.1) is 0 Å². The van der Waals surface area contributed by atoms with Crippen LogP contribution in [-0.4, -0.2) is 17.4 Å². The van der Waals surface area contributed by atoms with E-state index in [1.807, 2.05) is 23.1 Å². The van der Waals surface area contributed by atoms with E-state index in [1.165, 1.54) is 32.1 Å². The molecule has 2 N–H and O–H groups in total. The Morgan fingerprint density at radius 3 is 2.72 bits per heavy atom. The van der Waals surface area contributed by atoms with E-state index in [0.29, 0.717) is 11.6 Å². The minimum atomic E-state index is 0.133. The second-order valence-corrected chi connectivity index (χ2v) is 5.57. The van der Waals surface area contributed by atoms with Crippen molar-refractivity contribution in [3.05, 3.63) is 29.3 Å². The number of nitrogens with two attached hydrogens (primary N) is 1. The number of hydrogen-bond donors (Lipinski definition) is 1. The van der Waals surface area contributed by atoms with Crippen LogP contribution in [0.15, 0.2) is 18.2 Å². The summed E-state index contributed by atoms with van der Waals surface area (Å²) in [6, 6.07) is 5.77. The van der Waals surface area contributed by atoms with Gasteiger partial charge in [-0.1, -0.05) is 31.4 Å². The van der Waals surface area contributed by atoms with Gasteiger partial charge >= 0.3 is 0 Å². The van der Waals surface area contributed by atoms with Crippen LogP contribution in [0.5, 0.6) is 0 Å². The van der Waals surface area contributed by atoms with Crippen LogP contribution in [0.3, 0.4) is 0 Å². The van der Waals surface area contributed by atoms with E-state index in [1.54, 1.807) is 0 Å². The predicted molar refractivity (Wildman–Crippen MR) is 72.2 cm³/mol. The second-order valence-electron chi connectivity index (χ2n) is 5.57. The maximum absolute atomic E-state index is 12.3. The van der Waals surface area contributed by atoms with Crippen molar-refractivity contribution in [2.45, 2.75) is 38.6 Å². The molecule has 2 aliphatic rings. The first-order chi connectivity index (χ1) is 8.75. The highest BCUT2D eigenvalue weighted by atomic mass is 16.2. The summed E-state index contributed by atoms with van der Waals surface area (Å²) < 4.78 is 0. The molecule has 1 aliphatic carbocycles. The van der Waals surface area contributed by atoms with Crippen LogP contribution in [-0.2, 0) is 6.54 Å². The molecule has 1 fully saturated rings. The predicted octanol–water partition coefficient (Wildman–Crippen LogP) is 2.80. The van der Waals surface area contributed by atoms with Gasteiger partial charge in [0.2, 0.25) is 0 Å². The summed E-state index contributed by atoms with van der Waals surface area (Å²) in [4.78, 5) is 14.3. The van der Waals surface area contributed by atoms with Gasteiger partial charge in [-0.25, -0.2) is 0 Å². The molecular formula is C15H20N2O. The Balaban J connectivity index is 1.74. The molecule has 0 atom stereocenters. The van der Waals surface area contributed by atoms with Crippen molar-refractivity contribution in [2.24, 2.45) is 5.92 Å². The maximum Gasteiger partial charge on any atom is 0.256 e. The third-order valence-electron chi connectivity index (χ3n) is 4.25. The highest BCUT2D eigenvalue weighted by Crippen LogP contribution is 2.31. The molecule has 1 amide bonds. The minimum absolute atomic E-state index is 0.133. The zero-order valence-corrected chi connectivity index (χ0v) is 10.7. The Morgan fingerprint density at radius 2 is 2.00 bits per heavy atom. The molecule has 96 valence electrons. The Morgan fingerprint density at radius 1 is 1.22 bits per heavy atom. The Labute approximate surface area is 108 Å². The first-order valence-corrected chi connectivity index (χ1v) is 6.92. The fourth-order valence-electron chi connectivity index (χ4n) is 3.28. The zero-order chi connectivity index (χ0) is 12.5. The average molecular weight is 244 g/mol. The van der Waals surface area contributed by atoms with Crippen LogP contribution in [0, 0.1) is 5.92 Å². The SMILES string of the molecule is Nc1cccc2c1C(=O)N(CC1CCCCC1)C2. The van der Waals surface area contributed by atoms with Crippen LogP contribution in [0.1, 0.15) is 48.0 Å². The molecule has 3 rings (SSSR count). The molecule has 18 heavy (non-hydrogen) atoms. The van der Waals surface area contributed by atoms with Crippen molar-refractivity contribution in [3.8, 4) is 0 Å². The molecule has 1 aromatic rings. The number of nitrogen functional groups attached to an aromatic ring is 1. The van der Waals surface area contributed by atoms with Crippen LogP contribution in [0.2, 0.25) is 0 Å². The van der Waals surface area contributed by atoms with Gasteiger partial charge in [-0.2, -0.15) is 0 Å². The largest absolute Gasteiger partial charge is 0.398 e. The topological polar surface area (TPSA) is 46.3 Å². The van der Waals surface area contributed by atoms with E-state index in [0.717, 1.165) is 24.2 Å². The van der Waals surface area contributed by atoms with Gasteiger partial charge < -0.3 is 10.6 Å². The summed E-state index contributed by atoms with van der Waals surface area (Å²) in [6.07, 6.45) is 6.55. The minimum Gasteiger partial charge on any atom is -0.398 e. The summed E-state index contributed by atoms with van der Waals surface area (Å²) in [6.45, 7) is 1.66. The average Bonchev–Trinajstić information content (AvgIpc) is 2.69. The Hall–Kier alpha value is -1.51. The van der Waals surface area contributed by atoms with Gasteiger partial charge in [0.25, 0.3) is 5.91 Å². The first-order valence-electron chi connectivity index (χ1n) is 6.92. The number of carbonyl (C=O) groups excluding carboxylic acids is 1. The van der Waals surface area contributed by atoms with Crippen LogP contribution >= 0.6 is 0 Å². The summed E-state index contributed by atoms with van der Waals surface area (Å²) in [7, 11) is 0. The number of amides is 1. The van der Waals surface area contributed by atoms with E-state index >= 15 is 0 Å². The number of carbonyl (C=O) groups is 1. The number of nitrogens with zero attached hydrogens (tertiary/aromatic N) is 1. The lowest BCUT2D eigenvalue weighted by atomic mass is 9.89.